The van der Waals surface area contributed by atoms with E-state index in [1.54, 1.807) is 0 Å². The van der Waals surface area contributed by atoms with Gasteiger partial charge in [0.25, 0.3) is 0 Å². The molecule has 1 aromatic rings. The predicted molar refractivity (Wildman–Crippen MR) is 100 cm³/mol. The molecule has 4 nitrogen and oxygen atoms in total. The lowest BCUT2D eigenvalue weighted by molar-refractivity contribution is 0.00648. The van der Waals surface area contributed by atoms with Gasteiger partial charge in [0, 0.05) is 11.4 Å². The predicted octanol–water partition coefficient (Wildman–Crippen LogP) is 4.59. The van der Waals surface area contributed by atoms with Gasteiger partial charge >= 0.3 is 6.09 Å². The molecule has 1 aliphatic rings. The van der Waals surface area contributed by atoms with Gasteiger partial charge in [-0.2, -0.15) is 0 Å². The number of piperidine rings is 1. The molecule has 134 valence electrons. The lowest BCUT2D eigenvalue weighted by Crippen LogP contribution is -2.50. The number of carbonyl (C=O) groups is 1. The van der Waals surface area contributed by atoms with Crippen LogP contribution in [0.25, 0.3) is 0 Å². The summed E-state index contributed by atoms with van der Waals surface area (Å²) in [7, 11) is 0. The van der Waals surface area contributed by atoms with Crippen molar-refractivity contribution < 1.29 is 9.53 Å². The van der Waals surface area contributed by atoms with Gasteiger partial charge in [-0.3, -0.25) is 0 Å². The summed E-state index contributed by atoms with van der Waals surface area (Å²) < 4.78 is 5.58. The first-order valence-corrected chi connectivity index (χ1v) is 9.78. The molecule has 24 heavy (non-hydrogen) atoms. The number of ether oxygens (including phenoxy) is 1. The maximum absolute atomic E-state index is 12.6. The molecule has 2 unspecified atom stereocenters. The number of benzene rings is 1. The van der Waals surface area contributed by atoms with Crippen molar-refractivity contribution >= 4 is 17.9 Å². The Bertz CT molecular complexity index is 557. The van der Waals surface area contributed by atoms with Crippen LogP contribution in [0, 0.1) is 0 Å². The Morgan fingerprint density at radius 3 is 2.83 bits per heavy atom. The van der Waals surface area contributed by atoms with E-state index < -0.39 is 5.60 Å². The third-order valence-electron chi connectivity index (χ3n) is 4.15. The van der Waals surface area contributed by atoms with Gasteiger partial charge in [0.1, 0.15) is 5.60 Å². The third kappa shape index (κ3) is 5.15. The zero-order valence-electron chi connectivity index (χ0n) is 15.2. The maximum Gasteiger partial charge on any atom is 0.410 e. The van der Waals surface area contributed by atoms with Gasteiger partial charge in [-0.1, -0.05) is 19.1 Å². The maximum atomic E-state index is 12.6. The van der Waals surface area contributed by atoms with E-state index in [-0.39, 0.29) is 18.2 Å². The lowest BCUT2D eigenvalue weighted by Gasteiger charge is -2.39. The van der Waals surface area contributed by atoms with Crippen molar-refractivity contribution in [3.8, 4) is 0 Å². The number of rotatable bonds is 4. The highest BCUT2D eigenvalue weighted by atomic mass is 32.2. The molecule has 2 N–H and O–H groups in total. The SMILES string of the molecule is CCSc1cccc(C(N)C2CCCCN2C(=O)OC(C)(C)C)c1. The Morgan fingerprint density at radius 2 is 2.17 bits per heavy atom. The summed E-state index contributed by atoms with van der Waals surface area (Å²) in [5.74, 6) is 1.03. The molecule has 0 aliphatic carbocycles. The molecular formula is C19H30N2O2S. The first-order valence-electron chi connectivity index (χ1n) is 8.80. The lowest BCUT2D eigenvalue weighted by atomic mass is 9.92. The number of amides is 1. The number of thioether (sulfide) groups is 1. The normalized spacial score (nSPS) is 19.9. The molecule has 1 aromatic carbocycles. The average molecular weight is 351 g/mol. The number of nitrogens with two attached hydrogens (primary N) is 1. The van der Waals surface area contributed by atoms with Gasteiger partial charge < -0.3 is 15.4 Å². The third-order valence-corrected chi connectivity index (χ3v) is 5.02. The molecule has 0 radical (unpaired) electrons. The van der Waals surface area contributed by atoms with Gasteiger partial charge in [0.15, 0.2) is 0 Å². The van der Waals surface area contributed by atoms with Gasteiger partial charge in [-0.25, -0.2) is 4.79 Å². The summed E-state index contributed by atoms with van der Waals surface area (Å²) in [4.78, 5) is 15.6. The van der Waals surface area contributed by atoms with E-state index in [4.69, 9.17) is 10.5 Å². The van der Waals surface area contributed by atoms with Crippen molar-refractivity contribution in [3.63, 3.8) is 0 Å². The van der Waals surface area contributed by atoms with Crippen molar-refractivity contribution in [1.82, 2.24) is 4.90 Å². The Morgan fingerprint density at radius 1 is 1.42 bits per heavy atom. The van der Waals surface area contributed by atoms with Crippen LogP contribution in [0.4, 0.5) is 4.79 Å². The molecule has 1 amide bonds. The Hall–Kier alpha value is -1.20. The van der Waals surface area contributed by atoms with Gasteiger partial charge in [-0.05, 0) is 63.5 Å². The fourth-order valence-electron chi connectivity index (χ4n) is 3.08. The monoisotopic (exact) mass is 350 g/mol. The Labute approximate surface area is 150 Å². The highest BCUT2D eigenvalue weighted by Gasteiger charge is 2.34. The summed E-state index contributed by atoms with van der Waals surface area (Å²) in [6, 6.07) is 8.18. The second kappa shape index (κ2) is 8.26. The molecule has 1 aliphatic heterocycles. The standard InChI is InChI=1S/C19H30N2O2S/c1-5-24-15-10-8-9-14(13-15)17(20)16-11-6-7-12-21(16)18(22)23-19(2,3)4/h8-10,13,16-17H,5-7,11-12,20H2,1-4H3. The highest BCUT2D eigenvalue weighted by molar-refractivity contribution is 7.99. The molecule has 2 atom stereocenters. The fourth-order valence-corrected chi connectivity index (χ4v) is 3.81. The number of carbonyl (C=O) groups excluding carboxylic acids is 1. The van der Waals surface area contributed by atoms with Crippen LogP contribution in [0.5, 0.6) is 0 Å². The number of likely N-dealkylation sites (tertiary alicyclic amines) is 1. The fraction of sp³-hybridized carbons (Fsp3) is 0.632. The zero-order chi connectivity index (χ0) is 17.7. The quantitative estimate of drug-likeness (QED) is 0.807. The Kier molecular flexibility index (Phi) is 6.58. The van der Waals surface area contributed by atoms with Crippen LogP contribution in [0.1, 0.15) is 58.6 Å². The van der Waals surface area contributed by atoms with Crippen LogP contribution < -0.4 is 5.73 Å². The summed E-state index contributed by atoms with van der Waals surface area (Å²) in [6.07, 6.45) is 2.78. The summed E-state index contributed by atoms with van der Waals surface area (Å²) in [6.45, 7) is 8.55. The van der Waals surface area contributed by atoms with Crippen molar-refractivity contribution in [3.05, 3.63) is 29.8 Å². The average Bonchev–Trinajstić information content (AvgIpc) is 2.53. The van der Waals surface area contributed by atoms with Crippen LogP contribution >= 0.6 is 11.8 Å². The van der Waals surface area contributed by atoms with Crippen LogP contribution in [0.15, 0.2) is 29.2 Å². The molecule has 5 heteroatoms. The van der Waals surface area contributed by atoms with Crippen molar-refractivity contribution in [2.45, 2.75) is 69.5 Å². The number of hydrogen-bond donors (Lipinski definition) is 1. The number of hydrogen-bond acceptors (Lipinski definition) is 4. The first kappa shape index (κ1) is 19.1. The summed E-state index contributed by atoms with van der Waals surface area (Å²) >= 11 is 1.81. The van der Waals surface area contributed by atoms with E-state index in [0.717, 1.165) is 37.1 Å². The number of nitrogens with zero attached hydrogens (tertiary/aromatic N) is 1. The van der Waals surface area contributed by atoms with E-state index >= 15 is 0 Å². The van der Waals surface area contributed by atoms with Crippen LogP contribution in [-0.2, 0) is 4.74 Å². The molecule has 1 fully saturated rings. The Balaban J connectivity index is 2.17. The van der Waals surface area contributed by atoms with Crippen molar-refractivity contribution in [1.29, 1.82) is 0 Å². The molecule has 2 rings (SSSR count). The highest BCUT2D eigenvalue weighted by Crippen LogP contribution is 2.30. The largest absolute Gasteiger partial charge is 0.444 e. The second-order valence-corrected chi connectivity index (χ2v) is 8.61. The zero-order valence-corrected chi connectivity index (χ0v) is 16.1. The summed E-state index contributed by atoms with van der Waals surface area (Å²) in [5, 5.41) is 0. The molecular weight excluding hydrogens is 320 g/mol. The van der Waals surface area contributed by atoms with Crippen LogP contribution in [-0.4, -0.2) is 34.9 Å². The molecule has 1 heterocycles. The topological polar surface area (TPSA) is 55.6 Å². The smallest absolute Gasteiger partial charge is 0.410 e. The van der Waals surface area contributed by atoms with E-state index in [1.165, 1.54) is 4.90 Å². The minimum absolute atomic E-state index is 0.00419. The molecule has 0 bridgehead atoms. The van der Waals surface area contributed by atoms with Gasteiger partial charge in [0.2, 0.25) is 0 Å². The van der Waals surface area contributed by atoms with Crippen molar-refractivity contribution in [2.24, 2.45) is 5.73 Å². The van der Waals surface area contributed by atoms with E-state index in [0.29, 0.717) is 0 Å². The molecule has 1 saturated heterocycles. The molecule has 0 saturated carbocycles. The van der Waals surface area contributed by atoms with Crippen LogP contribution in [0.3, 0.4) is 0 Å². The first-order chi connectivity index (χ1) is 11.3. The second-order valence-electron chi connectivity index (χ2n) is 7.27. The summed E-state index contributed by atoms with van der Waals surface area (Å²) in [5.41, 5.74) is 7.17. The van der Waals surface area contributed by atoms with Gasteiger partial charge in [0.05, 0.1) is 12.1 Å². The van der Waals surface area contributed by atoms with Crippen molar-refractivity contribution in [2.75, 3.05) is 12.3 Å². The molecule has 0 aromatic heterocycles. The molecule has 0 spiro atoms. The van der Waals surface area contributed by atoms with Crippen LogP contribution in [0.2, 0.25) is 0 Å². The van der Waals surface area contributed by atoms with E-state index in [1.807, 2.05) is 43.5 Å². The minimum atomic E-state index is -0.485. The minimum Gasteiger partial charge on any atom is -0.444 e. The van der Waals surface area contributed by atoms with E-state index in [9.17, 15) is 4.79 Å². The van der Waals surface area contributed by atoms with Gasteiger partial charge in [-0.15, -0.1) is 11.8 Å². The van der Waals surface area contributed by atoms with E-state index in [2.05, 4.69) is 25.1 Å².